The van der Waals surface area contributed by atoms with Gasteiger partial charge in [-0.05, 0) is 37.9 Å². The van der Waals surface area contributed by atoms with Gasteiger partial charge in [0.25, 0.3) is 0 Å². The lowest BCUT2D eigenvalue weighted by Crippen LogP contribution is -2.53. The van der Waals surface area contributed by atoms with Crippen molar-refractivity contribution in [3.05, 3.63) is 29.8 Å². The maximum atomic E-state index is 13.3. The number of anilines is 1. The van der Waals surface area contributed by atoms with Gasteiger partial charge >= 0.3 is 0 Å². The molecule has 0 bridgehead atoms. The van der Waals surface area contributed by atoms with Crippen LogP contribution < -0.4 is 10.2 Å². The molecule has 4 heteroatoms. The molecule has 0 aliphatic carbocycles. The Labute approximate surface area is 113 Å². The number of piperidine rings is 1. The zero-order valence-corrected chi connectivity index (χ0v) is 11.8. The van der Waals surface area contributed by atoms with Gasteiger partial charge < -0.3 is 10.2 Å². The van der Waals surface area contributed by atoms with Crippen LogP contribution in [-0.2, 0) is 0 Å². The van der Waals surface area contributed by atoms with Crippen LogP contribution in [-0.4, -0.2) is 25.2 Å². The predicted molar refractivity (Wildman–Crippen MR) is 74.4 cm³/mol. The highest BCUT2D eigenvalue weighted by molar-refractivity contribution is 5.48. The first-order chi connectivity index (χ1) is 9.02. The molecule has 2 nitrogen and oxygen atoms in total. The summed E-state index contributed by atoms with van der Waals surface area (Å²) in [6.45, 7) is 8.20. The second-order valence-corrected chi connectivity index (χ2v) is 5.37. The molecule has 3 atom stereocenters. The third-order valence-corrected chi connectivity index (χ3v) is 4.21. The molecule has 3 unspecified atom stereocenters. The van der Waals surface area contributed by atoms with Crippen LogP contribution in [0.1, 0.15) is 27.2 Å². The van der Waals surface area contributed by atoms with Crippen LogP contribution in [0.3, 0.4) is 0 Å². The van der Waals surface area contributed by atoms with E-state index in [-0.39, 0.29) is 6.04 Å². The van der Waals surface area contributed by atoms with Crippen molar-refractivity contribution in [2.24, 2.45) is 5.92 Å². The third-order valence-electron chi connectivity index (χ3n) is 4.21. The predicted octanol–water partition coefficient (Wildman–Crippen LogP) is 3.18. The molecule has 1 N–H and O–H groups in total. The number of rotatable bonds is 3. The van der Waals surface area contributed by atoms with E-state index >= 15 is 0 Å². The SMILES string of the molecule is CCNC1CCN(c2cc(F)cc(F)c2)C(C)C1C. The highest BCUT2D eigenvalue weighted by Crippen LogP contribution is 2.29. The number of hydrogen-bond donors (Lipinski definition) is 1. The van der Waals surface area contributed by atoms with Crippen molar-refractivity contribution >= 4 is 5.69 Å². The van der Waals surface area contributed by atoms with Crippen molar-refractivity contribution < 1.29 is 8.78 Å². The molecule has 1 aliphatic rings. The van der Waals surface area contributed by atoms with Crippen LogP contribution in [0.4, 0.5) is 14.5 Å². The van der Waals surface area contributed by atoms with Gasteiger partial charge in [-0.25, -0.2) is 8.78 Å². The Hall–Kier alpha value is -1.16. The van der Waals surface area contributed by atoms with Crippen molar-refractivity contribution in [1.29, 1.82) is 0 Å². The summed E-state index contributed by atoms with van der Waals surface area (Å²) in [4.78, 5) is 2.10. The standard InChI is InChI=1S/C15H22F2N2/c1-4-18-15-5-6-19(11(3)10(15)2)14-8-12(16)7-13(17)9-14/h7-11,15,18H,4-6H2,1-3H3. The fourth-order valence-corrected chi connectivity index (χ4v) is 2.98. The minimum absolute atomic E-state index is 0.263. The minimum atomic E-state index is -0.511. The van der Waals surface area contributed by atoms with Gasteiger partial charge in [-0.15, -0.1) is 0 Å². The molecule has 1 saturated heterocycles. The molecule has 1 aromatic carbocycles. The summed E-state index contributed by atoms with van der Waals surface area (Å²) in [5, 5.41) is 3.48. The van der Waals surface area contributed by atoms with Crippen LogP contribution in [0, 0.1) is 17.6 Å². The Balaban J connectivity index is 2.18. The zero-order valence-electron chi connectivity index (χ0n) is 11.8. The van der Waals surface area contributed by atoms with Gasteiger partial charge in [0.2, 0.25) is 0 Å². The minimum Gasteiger partial charge on any atom is -0.368 e. The molecular weight excluding hydrogens is 246 g/mol. The van der Waals surface area contributed by atoms with Crippen LogP contribution in [0.2, 0.25) is 0 Å². The lowest BCUT2D eigenvalue weighted by atomic mass is 9.86. The number of nitrogens with zero attached hydrogens (tertiary/aromatic N) is 1. The Bertz CT molecular complexity index is 416. The van der Waals surface area contributed by atoms with Crippen molar-refractivity contribution in [3.63, 3.8) is 0 Å². The van der Waals surface area contributed by atoms with Gasteiger partial charge in [-0.1, -0.05) is 13.8 Å². The average Bonchev–Trinajstić information content (AvgIpc) is 2.34. The molecule has 1 aromatic rings. The van der Waals surface area contributed by atoms with Crippen molar-refractivity contribution in [2.45, 2.75) is 39.3 Å². The highest BCUT2D eigenvalue weighted by Gasteiger charge is 2.32. The smallest absolute Gasteiger partial charge is 0.128 e. The van der Waals surface area contributed by atoms with Gasteiger partial charge in [0, 0.05) is 30.4 Å². The summed E-state index contributed by atoms with van der Waals surface area (Å²) >= 11 is 0. The summed E-state index contributed by atoms with van der Waals surface area (Å²) < 4.78 is 26.7. The van der Waals surface area contributed by atoms with E-state index in [0.717, 1.165) is 25.6 Å². The van der Waals surface area contributed by atoms with Gasteiger partial charge in [0.1, 0.15) is 11.6 Å². The number of halogens is 2. The summed E-state index contributed by atoms with van der Waals surface area (Å²) in [5.41, 5.74) is 0.645. The largest absolute Gasteiger partial charge is 0.368 e. The van der Waals surface area contributed by atoms with Crippen LogP contribution >= 0.6 is 0 Å². The molecule has 0 saturated carbocycles. The van der Waals surface area contributed by atoms with Crippen LogP contribution in [0.5, 0.6) is 0 Å². The molecule has 1 heterocycles. The molecule has 0 radical (unpaired) electrons. The van der Waals surface area contributed by atoms with E-state index < -0.39 is 11.6 Å². The Morgan fingerprint density at radius 2 is 1.84 bits per heavy atom. The van der Waals surface area contributed by atoms with Crippen LogP contribution in [0.25, 0.3) is 0 Å². The molecule has 1 fully saturated rings. The van der Waals surface area contributed by atoms with Crippen LogP contribution in [0.15, 0.2) is 18.2 Å². The summed E-state index contributed by atoms with van der Waals surface area (Å²) in [6.07, 6.45) is 0.997. The lowest BCUT2D eigenvalue weighted by Gasteiger charge is -2.44. The number of hydrogen-bond acceptors (Lipinski definition) is 2. The van der Waals surface area contributed by atoms with E-state index in [4.69, 9.17) is 0 Å². The van der Waals surface area contributed by atoms with Crippen molar-refractivity contribution in [1.82, 2.24) is 5.32 Å². The zero-order chi connectivity index (χ0) is 14.0. The molecule has 0 aromatic heterocycles. The van der Waals surface area contributed by atoms with E-state index in [1.165, 1.54) is 12.1 Å². The van der Waals surface area contributed by atoms with Gasteiger partial charge in [-0.3, -0.25) is 0 Å². The Morgan fingerprint density at radius 1 is 1.21 bits per heavy atom. The Kier molecular flexibility index (Phi) is 4.40. The molecule has 0 spiro atoms. The third kappa shape index (κ3) is 3.06. The monoisotopic (exact) mass is 268 g/mol. The molecule has 2 rings (SSSR count). The fraction of sp³-hybridized carbons (Fsp3) is 0.600. The molecular formula is C15H22F2N2. The summed E-state index contributed by atoms with van der Waals surface area (Å²) in [6, 6.07) is 4.50. The first-order valence-electron chi connectivity index (χ1n) is 6.99. The maximum Gasteiger partial charge on any atom is 0.128 e. The first kappa shape index (κ1) is 14.3. The van der Waals surface area contributed by atoms with Gasteiger partial charge in [-0.2, -0.15) is 0 Å². The van der Waals surface area contributed by atoms with E-state index in [9.17, 15) is 8.78 Å². The van der Waals surface area contributed by atoms with E-state index in [0.29, 0.717) is 17.6 Å². The topological polar surface area (TPSA) is 15.3 Å². The van der Waals surface area contributed by atoms with Crippen molar-refractivity contribution in [3.8, 4) is 0 Å². The van der Waals surface area contributed by atoms with E-state index in [2.05, 4.69) is 31.0 Å². The maximum absolute atomic E-state index is 13.3. The number of benzene rings is 1. The quantitative estimate of drug-likeness (QED) is 0.905. The molecule has 0 amide bonds. The first-order valence-corrected chi connectivity index (χ1v) is 6.99. The Morgan fingerprint density at radius 3 is 2.42 bits per heavy atom. The normalized spacial score (nSPS) is 27.6. The lowest BCUT2D eigenvalue weighted by molar-refractivity contribution is 0.274. The molecule has 19 heavy (non-hydrogen) atoms. The molecule has 1 aliphatic heterocycles. The second kappa shape index (κ2) is 5.87. The van der Waals surface area contributed by atoms with Gasteiger partial charge in [0.15, 0.2) is 0 Å². The average molecular weight is 268 g/mol. The van der Waals surface area contributed by atoms with E-state index in [1.54, 1.807) is 0 Å². The van der Waals surface area contributed by atoms with E-state index in [1.807, 2.05) is 0 Å². The second-order valence-electron chi connectivity index (χ2n) is 5.37. The number of nitrogens with one attached hydrogen (secondary N) is 1. The van der Waals surface area contributed by atoms with Crippen molar-refractivity contribution in [2.75, 3.05) is 18.0 Å². The summed E-state index contributed by atoms with van der Waals surface area (Å²) in [7, 11) is 0. The summed E-state index contributed by atoms with van der Waals surface area (Å²) in [5.74, 6) is -0.577. The van der Waals surface area contributed by atoms with Gasteiger partial charge in [0.05, 0.1) is 0 Å². The highest BCUT2D eigenvalue weighted by atomic mass is 19.1. The fourth-order valence-electron chi connectivity index (χ4n) is 2.98. The molecule has 106 valence electrons.